The summed E-state index contributed by atoms with van der Waals surface area (Å²) in [6.45, 7) is 8.49. The van der Waals surface area contributed by atoms with E-state index in [2.05, 4.69) is 26.8 Å². The van der Waals surface area contributed by atoms with Gasteiger partial charge in [-0.2, -0.15) is 0 Å². The Morgan fingerprint density at radius 3 is 2.49 bits per heavy atom. The number of fused-ring (bicyclic) bond motifs is 7. The van der Waals surface area contributed by atoms with Crippen molar-refractivity contribution in [2.75, 3.05) is 13.2 Å². The normalized spacial score (nSPS) is 59.4. The van der Waals surface area contributed by atoms with Crippen molar-refractivity contribution >= 4 is 0 Å². The fraction of sp³-hybridized carbons (Fsp3) is 0.939. The molecule has 0 unspecified atom stereocenters. The van der Waals surface area contributed by atoms with Gasteiger partial charge in [-0.15, -0.1) is 0 Å². The van der Waals surface area contributed by atoms with Gasteiger partial charge in [-0.25, -0.2) is 0 Å². The van der Waals surface area contributed by atoms with Crippen molar-refractivity contribution in [3.63, 3.8) is 0 Å². The Morgan fingerprint density at radius 1 is 0.977 bits per heavy atom. The van der Waals surface area contributed by atoms with Gasteiger partial charge in [0.2, 0.25) is 0 Å². The van der Waals surface area contributed by atoms with E-state index < -0.39 is 48.7 Å². The van der Waals surface area contributed by atoms with E-state index in [4.69, 9.17) is 18.9 Å². The molecule has 6 N–H and O–H groups in total. The molecule has 0 aromatic rings. The van der Waals surface area contributed by atoms with E-state index in [1.165, 1.54) is 5.57 Å². The first-order chi connectivity index (χ1) is 20.3. The minimum Gasteiger partial charge on any atom is -0.394 e. The summed E-state index contributed by atoms with van der Waals surface area (Å²) in [4.78, 5) is 0. The quantitative estimate of drug-likeness (QED) is 0.259. The summed E-state index contributed by atoms with van der Waals surface area (Å²) in [5.41, 5.74) is 0.514. The Labute approximate surface area is 254 Å². The van der Waals surface area contributed by atoms with Gasteiger partial charge in [0, 0.05) is 12.3 Å². The minimum atomic E-state index is -1.49. The van der Waals surface area contributed by atoms with Gasteiger partial charge in [0.05, 0.1) is 37.1 Å². The van der Waals surface area contributed by atoms with Crippen molar-refractivity contribution in [3.05, 3.63) is 11.6 Å². The first-order valence-corrected chi connectivity index (χ1v) is 16.6. The maximum atomic E-state index is 11.9. The standard InChI is InChI=1S/C33H52O10/c1-16-24-22(12-20-19-6-5-17-11-18(35)7-8-31(17,3)25(19)21(36)13-32(20,24)4)42-33(16)10-9-30(2,43-33)15-40-29-28(39)27(38)26(37)23(14-34)41-29/h5,16,18-29,34-39H,6-15H2,1-4H3/t16-,18-,19-,20-,21+,22-,23+,24-,25+,26+,27-,28+,29+,30-,31-,32-,33-/m0/s1. The van der Waals surface area contributed by atoms with Gasteiger partial charge in [0.1, 0.15) is 24.4 Å². The smallest absolute Gasteiger partial charge is 0.186 e. The fourth-order valence-corrected chi connectivity index (χ4v) is 11.4. The predicted octanol–water partition coefficient (Wildman–Crippen LogP) is 1.62. The van der Waals surface area contributed by atoms with Crippen molar-refractivity contribution in [1.82, 2.24) is 0 Å². The highest BCUT2D eigenvalue weighted by Crippen LogP contribution is 2.71. The highest BCUT2D eigenvalue weighted by molar-refractivity contribution is 5.27. The van der Waals surface area contributed by atoms with E-state index >= 15 is 0 Å². The fourth-order valence-electron chi connectivity index (χ4n) is 11.4. The maximum Gasteiger partial charge on any atom is 0.186 e. The highest BCUT2D eigenvalue weighted by Gasteiger charge is 2.71. The van der Waals surface area contributed by atoms with Crippen LogP contribution in [0.3, 0.4) is 0 Å². The van der Waals surface area contributed by atoms with Crippen LogP contribution >= 0.6 is 0 Å². The lowest BCUT2D eigenvalue weighted by molar-refractivity contribution is -0.318. The molecule has 3 saturated carbocycles. The van der Waals surface area contributed by atoms with Gasteiger partial charge in [-0.1, -0.05) is 32.4 Å². The number of allylic oxidation sites excluding steroid dienone is 1. The van der Waals surface area contributed by atoms with Crippen LogP contribution in [0.1, 0.15) is 79.1 Å². The number of ether oxygens (including phenoxy) is 4. The monoisotopic (exact) mass is 608 g/mol. The third-order valence-corrected chi connectivity index (χ3v) is 13.5. The molecule has 1 spiro atoms. The minimum absolute atomic E-state index is 0.0500. The lowest BCUT2D eigenvalue weighted by atomic mass is 9.46. The van der Waals surface area contributed by atoms with Gasteiger partial charge < -0.3 is 49.6 Å². The number of hydrogen-bond donors (Lipinski definition) is 6. The zero-order valence-electron chi connectivity index (χ0n) is 26.0. The van der Waals surface area contributed by atoms with E-state index in [9.17, 15) is 30.6 Å². The number of aliphatic hydroxyl groups excluding tert-OH is 6. The van der Waals surface area contributed by atoms with Crippen LogP contribution in [0.25, 0.3) is 0 Å². The van der Waals surface area contributed by atoms with Gasteiger partial charge >= 0.3 is 0 Å². The molecule has 0 bridgehead atoms. The average Bonchev–Trinajstić information content (AvgIpc) is 3.55. The van der Waals surface area contributed by atoms with E-state index in [0.29, 0.717) is 24.7 Å². The van der Waals surface area contributed by atoms with Crippen molar-refractivity contribution in [2.24, 2.45) is 40.4 Å². The van der Waals surface area contributed by atoms with Gasteiger partial charge in [-0.3, -0.25) is 0 Å². The van der Waals surface area contributed by atoms with Gasteiger partial charge in [0.15, 0.2) is 12.1 Å². The summed E-state index contributed by atoms with van der Waals surface area (Å²) in [5, 5.41) is 62.4. The molecule has 4 aliphatic carbocycles. The molecule has 0 amide bonds. The molecule has 7 aliphatic rings. The molecular weight excluding hydrogens is 556 g/mol. The van der Waals surface area contributed by atoms with Crippen LogP contribution in [0, 0.1) is 40.4 Å². The van der Waals surface area contributed by atoms with E-state index in [0.717, 1.165) is 38.5 Å². The van der Waals surface area contributed by atoms with Crippen molar-refractivity contribution in [1.29, 1.82) is 0 Å². The summed E-state index contributed by atoms with van der Waals surface area (Å²) in [6, 6.07) is 0. The topological polar surface area (TPSA) is 158 Å². The van der Waals surface area contributed by atoms with E-state index in [1.54, 1.807) is 0 Å². The molecule has 10 nitrogen and oxygen atoms in total. The SMILES string of the molecule is C[C@H]1[C@H]2[C@H](C[C@H]3[C@@H]4CC=C5C[C@@H](O)CC[C@]5(C)[C@H]4[C@H](O)C[C@]23C)O[C@]12CC[C@@](C)(CO[C@@H]1O[C@H](CO)[C@@H](O)[C@H](O)[C@H]1O)O2. The Balaban J connectivity index is 1.06. The molecule has 10 heteroatoms. The predicted molar refractivity (Wildman–Crippen MR) is 153 cm³/mol. The van der Waals surface area contributed by atoms with Crippen LogP contribution in [-0.2, 0) is 18.9 Å². The second-order valence-corrected chi connectivity index (χ2v) is 15.9. The van der Waals surface area contributed by atoms with Gasteiger partial charge in [-0.05, 0) is 86.4 Å². The average molecular weight is 609 g/mol. The van der Waals surface area contributed by atoms with Crippen LogP contribution < -0.4 is 0 Å². The highest BCUT2D eigenvalue weighted by atomic mass is 16.7. The molecule has 17 atom stereocenters. The number of rotatable bonds is 4. The number of hydrogen-bond acceptors (Lipinski definition) is 10. The van der Waals surface area contributed by atoms with Crippen molar-refractivity contribution in [3.8, 4) is 0 Å². The molecular formula is C33H52O10. The zero-order chi connectivity index (χ0) is 30.7. The first kappa shape index (κ1) is 31.0. The molecule has 43 heavy (non-hydrogen) atoms. The number of aliphatic hydroxyl groups is 6. The molecule has 3 saturated heterocycles. The van der Waals surface area contributed by atoms with E-state index in [1.807, 2.05) is 6.92 Å². The second kappa shape index (κ2) is 10.4. The lowest BCUT2D eigenvalue weighted by Crippen LogP contribution is -2.59. The van der Waals surface area contributed by atoms with Crippen LogP contribution in [0.15, 0.2) is 11.6 Å². The first-order valence-electron chi connectivity index (χ1n) is 16.6. The Kier molecular flexibility index (Phi) is 7.51. The Bertz CT molecular complexity index is 1120. The maximum absolute atomic E-state index is 11.9. The summed E-state index contributed by atoms with van der Waals surface area (Å²) in [5.74, 6) is 0.681. The van der Waals surface area contributed by atoms with Crippen LogP contribution in [0.4, 0.5) is 0 Å². The molecule has 0 radical (unpaired) electrons. The van der Waals surface area contributed by atoms with E-state index in [-0.39, 0.29) is 53.5 Å². The molecule has 0 aromatic carbocycles. The second-order valence-electron chi connectivity index (χ2n) is 15.9. The third kappa shape index (κ3) is 4.49. The molecule has 3 heterocycles. The van der Waals surface area contributed by atoms with Crippen LogP contribution in [0.2, 0.25) is 0 Å². The third-order valence-electron chi connectivity index (χ3n) is 13.5. The van der Waals surface area contributed by atoms with Crippen molar-refractivity contribution < 1.29 is 49.6 Å². The summed E-state index contributed by atoms with van der Waals surface area (Å²) in [6.07, 6.45) is 1.71. The molecule has 7 rings (SSSR count). The van der Waals surface area contributed by atoms with Gasteiger partial charge in [0.25, 0.3) is 0 Å². The molecule has 0 aromatic heterocycles. The summed E-state index contributed by atoms with van der Waals surface area (Å²) in [7, 11) is 0. The molecule has 6 fully saturated rings. The summed E-state index contributed by atoms with van der Waals surface area (Å²) < 4.78 is 25.2. The molecule has 244 valence electrons. The summed E-state index contributed by atoms with van der Waals surface area (Å²) >= 11 is 0. The zero-order valence-corrected chi connectivity index (χ0v) is 26.0. The molecule has 3 aliphatic heterocycles. The Hall–Kier alpha value is -0.660. The Morgan fingerprint density at radius 2 is 1.74 bits per heavy atom. The lowest BCUT2D eigenvalue weighted by Gasteiger charge is -2.60. The largest absolute Gasteiger partial charge is 0.394 e. The van der Waals surface area contributed by atoms with Crippen LogP contribution in [0.5, 0.6) is 0 Å². The van der Waals surface area contributed by atoms with Crippen LogP contribution in [-0.4, -0.2) is 104 Å². The van der Waals surface area contributed by atoms with Crippen molar-refractivity contribution in [2.45, 2.75) is 139 Å².